The van der Waals surface area contributed by atoms with Gasteiger partial charge in [-0.15, -0.1) is 0 Å². The van der Waals surface area contributed by atoms with Gasteiger partial charge in [-0.25, -0.2) is 4.79 Å². The molecule has 0 saturated heterocycles. The van der Waals surface area contributed by atoms with Crippen LogP contribution >= 0.6 is 0 Å². The van der Waals surface area contributed by atoms with Crippen molar-refractivity contribution in [3.63, 3.8) is 0 Å². The van der Waals surface area contributed by atoms with Crippen LogP contribution in [0.1, 0.15) is 52.4 Å². The monoisotopic (exact) mass is 290 g/mol. The van der Waals surface area contributed by atoms with E-state index in [9.17, 15) is 18.0 Å². The number of ether oxygens (including phenoxy) is 1. The normalized spacial score (nSPS) is 43.1. The molecule has 0 aromatic carbocycles. The summed E-state index contributed by atoms with van der Waals surface area (Å²) in [6.45, 7) is 4.29. The molecule has 4 rings (SSSR count). The number of hydrogen-bond donors (Lipinski definition) is 0. The molecular weight excluding hydrogens is 269 g/mol. The first-order valence-corrected chi connectivity index (χ1v) is 7.44. The quantitative estimate of drug-likeness (QED) is 0.716. The summed E-state index contributed by atoms with van der Waals surface area (Å²) in [4.78, 5) is 11.3. The second-order valence-corrected chi connectivity index (χ2v) is 7.55. The lowest BCUT2D eigenvalue weighted by Crippen LogP contribution is -2.59. The highest BCUT2D eigenvalue weighted by Crippen LogP contribution is 2.65. The molecule has 0 heterocycles. The molecule has 2 atom stereocenters. The molecule has 0 spiro atoms. The van der Waals surface area contributed by atoms with Crippen molar-refractivity contribution >= 4 is 5.97 Å². The molecule has 4 bridgehead atoms. The van der Waals surface area contributed by atoms with Crippen molar-refractivity contribution in [2.45, 2.75) is 64.1 Å². The van der Waals surface area contributed by atoms with Crippen LogP contribution in [0.25, 0.3) is 0 Å². The molecule has 0 amide bonds. The van der Waals surface area contributed by atoms with Crippen LogP contribution in [0.2, 0.25) is 0 Å². The summed E-state index contributed by atoms with van der Waals surface area (Å²) in [5.41, 5.74) is -0.767. The SMILES string of the molecule is CC(C)C12CC3CC(CC(OC(=O)C(F)(F)F)(C3)C1)C2. The molecule has 0 radical (unpaired) electrons. The van der Waals surface area contributed by atoms with Gasteiger partial charge >= 0.3 is 12.1 Å². The Hall–Kier alpha value is -0.740. The van der Waals surface area contributed by atoms with Gasteiger partial charge in [-0.05, 0) is 61.7 Å². The third-order valence-corrected chi connectivity index (χ3v) is 5.82. The van der Waals surface area contributed by atoms with Crippen molar-refractivity contribution in [3.05, 3.63) is 0 Å². The molecule has 4 aliphatic rings. The van der Waals surface area contributed by atoms with E-state index < -0.39 is 17.7 Å². The third kappa shape index (κ3) is 2.13. The fraction of sp³-hybridized carbons (Fsp3) is 0.933. The number of carbonyl (C=O) groups excluding carboxylic acids is 1. The summed E-state index contributed by atoms with van der Waals surface area (Å²) in [7, 11) is 0. The zero-order chi connectivity index (χ0) is 14.8. The third-order valence-electron chi connectivity index (χ3n) is 5.82. The maximum Gasteiger partial charge on any atom is 0.490 e. The molecule has 114 valence electrons. The molecule has 0 aromatic rings. The van der Waals surface area contributed by atoms with Crippen LogP contribution in [0.15, 0.2) is 0 Å². The van der Waals surface area contributed by atoms with Crippen LogP contribution in [-0.2, 0) is 9.53 Å². The minimum Gasteiger partial charge on any atom is -0.452 e. The number of rotatable bonds is 2. The van der Waals surface area contributed by atoms with E-state index in [-0.39, 0.29) is 5.41 Å². The molecule has 2 nitrogen and oxygen atoms in total. The number of esters is 1. The maximum absolute atomic E-state index is 12.5. The molecule has 0 N–H and O–H groups in total. The minimum absolute atomic E-state index is 0.0793. The van der Waals surface area contributed by atoms with Gasteiger partial charge in [0.1, 0.15) is 5.60 Å². The molecule has 0 aliphatic heterocycles. The Morgan fingerprint density at radius 3 is 2.15 bits per heavy atom. The lowest BCUT2D eigenvalue weighted by Gasteiger charge is -2.62. The number of halogens is 3. The van der Waals surface area contributed by atoms with Gasteiger partial charge in [0.2, 0.25) is 0 Å². The van der Waals surface area contributed by atoms with Crippen LogP contribution < -0.4 is 0 Å². The van der Waals surface area contributed by atoms with E-state index in [1.54, 1.807) is 0 Å². The van der Waals surface area contributed by atoms with Crippen LogP contribution in [-0.4, -0.2) is 17.7 Å². The molecule has 5 heteroatoms. The Kier molecular flexibility index (Phi) is 2.94. The van der Waals surface area contributed by atoms with Crippen LogP contribution in [0, 0.1) is 23.2 Å². The lowest BCUT2D eigenvalue weighted by molar-refractivity contribution is -0.242. The Morgan fingerprint density at radius 2 is 1.70 bits per heavy atom. The van der Waals surface area contributed by atoms with Crippen molar-refractivity contribution in [1.29, 1.82) is 0 Å². The van der Waals surface area contributed by atoms with E-state index in [0.717, 1.165) is 19.3 Å². The molecule has 4 fully saturated rings. The van der Waals surface area contributed by atoms with Crippen molar-refractivity contribution in [2.75, 3.05) is 0 Å². The Morgan fingerprint density at radius 1 is 1.15 bits per heavy atom. The van der Waals surface area contributed by atoms with Gasteiger partial charge in [-0.1, -0.05) is 13.8 Å². The lowest BCUT2D eigenvalue weighted by atomic mass is 9.45. The highest BCUT2D eigenvalue weighted by molar-refractivity contribution is 5.76. The van der Waals surface area contributed by atoms with E-state index in [1.807, 2.05) is 0 Å². The minimum atomic E-state index is -4.88. The summed E-state index contributed by atoms with van der Waals surface area (Å²) >= 11 is 0. The van der Waals surface area contributed by atoms with E-state index in [1.165, 1.54) is 0 Å². The van der Waals surface area contributed by atoms with E-state index in [4.69, 9.17) is 4.74 Å². The summed E-state index contributed by atoms with van der Waals surface area (Å²) in [5.74, 6) is -0.713. The second kappa shape index (κ2) is 4.14. The van der Waals surface area contributed by atoms with Crippen molar-refractivity contribution < 1.29 is 22.7 Å². The number of alkyl halides is 3. The van der Waals surface area contributed by atoms with Crippen molar-refractivity contribution in [2.24, 2.45) is 23.2 Å². The summed E-state index contributed by atoms with van der Waals surface area (Å²) in [6.07, 6.45) is 0.263. The first-order chi connectivity index (χ1) is 9.14. The molecule has 2 unspecified atom stereocenters. The van der Waals surface area contributed by atoms with Crippen LogP contribution in [0.3, 0.4) is 0 Å². The molecular formula is C15H21F3O2. The number of carbonyl (C=O) groups is 1. The zero-order valence-corrected chi connectivity index (χ0v) is 11.9. The van der Waals surface area contributed by atoms with E-state index in [2.05, 4.69) is 13.8 Å². The van der Waals surface area contributed by atoms with Gasteiger partial charge in [-0.3, -0.25) is 0 Å². The van der Waals surface area contributed by atoms with Gasteiger partial charge in [0.05, 0.1) is 0 Å². The van der Waals surface area contributed by atoms with Gasteiger partial charge in [0.15, 0.2) is 0 Å². The predicted molar refractivity (Wildman–Crippen MR) is 66.8 cm³/mol. The fourth-order valence-corrected chi connectivity index (χ4v) is 5.30. The standard InChI is InChI=1S/C15H21F3O2/c1-9(2)13-4-10-3-11(5-13)7-14(6-10,8-13)20-12(19)15(16,17)18/h9-11H,3-8H2,1-2H3. The van der Waals surface area contributed by atoms with Crippen LogP contribution in [0.4, 0.5) is 13.2 Å². The predicted octanol–water partition coefficient (Wildman–Crippen LogP) is 4.09. The average molecular weight is 290 g/mol. The zero-order valence-electron chi connectivity index (χ0n) is 11.9. The largest absolute Gasteiger partial charge is 0.490 e. The molecule has 4 aliphatic carbocycles. The van der Waals surface area contributed by atoms with Gasteiger partial charge < -0.3 is 4.74 Å². The molecule has 20 heavy (non-hydrogen) atoms. The van der Waals surface area contributed by atoms with Crippen LogP contribution in [0.5, 0.6) is 0 Å². The number of hydrogen-bond acceptors (Lipinski definition) is 2. The Bertz CT molecular complexity index is 413. The molecule has 0 aromatic heterocycles. The molecule has 4 saturated carbocycles. The van der Waals surface area contributed by atoms with Gasteiger partial charge in [0.25, 0.3) is 0 Å². The second-order valence-electron chi connectivity index (χ2n) is 7.55. The van der Waals surface area contributed by atoms with Crippen molar-refractivity contribution in [1.82, 2.24) is 0 Å². The van der Waals surface area contributed by atoms with Gasteiger partial charge in [-0.2, -0.15) is 13.2 Å². The first kappa shape index (κ1) is 14.2. The summed E-state index contributed by atoms with van der Waals surface area (Å²) in [6, 6.07) is 0. The van der Waals surface area contributed by atoms with Gasteiger partial charge in [0, 0.05) is 0 Å². The highest BCUT2D eigenvalue weighted by Gasteiger charge is 2.61. The topological polar surface area (TPSA) is 26.3 Å². The Labute approximate surface area is 117 Å². The average Bonchev–Trinajstić information content (AvgIpc) is 2.24. The maximum atomic E-state index is 12.5. The summed E-state index contributed by atoms with van der Waals surface area (Å²) in [5, 5.41) is 0. The Balaban J connectivity index is 1.85. The van der Waals surface area contributed by atoms with E-state index >= 15 is 0 Å². The smallest absolute Gasteiger partial charge is 0.452 e. The highest BCUT2D eigenvalue weighted by atomic mass is 19.4. The first-order valence-electron chi connectivity index (χ1n) is 7.44. The fourth-order valence-electron chi connectivity index (χ4n) is 5.30. The van der Waals surface area contributed by atoms with Crippen molar-refractivity contribution in [3.8, 4) is 0 Å². The summed E-state index contributed by atoms with van der Waals surface area (Å²) < 4.78 is 42.6. The van der Waals surface area contributed by atoms with E-state index in [0.29, 0.717) is 37.0 Å².